The molecule has 1 saturated heterocycles. The number of hydrogen-bond donors (Lipinski definition) is 12. The number of amides is 8. The first-order valence-corrected chi connectivity index (χ1v) is 37.5. The number of alkyl carbamates (subject to hydrolysis) is 5. The number of nitrogens with zero attached hydrogens (tertiary/aromatic N) is 2. The zero-order chi connectivity index (χ0) is 86.8. The van der Waals surface area contributed by atoms with Gasteiger partial charge in [-0.3, -0.25) is 28.8 Å². The normalized spacial score (nSPS) is 14.3. The molecular formula is C78H157N10NaO26. The van der Waals surface area contributed by atoms with E-state index in [1.54, 1.807) is 118 Å². The van der Waals surface area contributed by atoms with Gasteiger partial charge in [-0.25, -0.2) is 45.9 Å². The fourth-order valence-electron chi connectivity index (χ4n) is 7.81. The zero-order valence-corrected chi connectivity index (χ0v) is 74.7. The average Bonchev–Trinajstić information content (AvgIpc) is 1.84. The summed E-state index contributed by atoms with van der Waals surface area (Å²) in [6, 6.07) is -2.44. The molecule has 3 aliphatic carbocycles. The molecule has 0 aromatic carbocycles. The first-order chi connectivity index (χ1) is 50.8. The summed E-state index contributed by atoms with van der Waals surface area (Å²) in [5.74, 6) is -3.54. The van der Waals surface area contributed by atoms with Crippen LogP contribution in [0, 0.1) is 6.57 Å². The van der Waals surface area contributed by atoms with Gasteiger partial charge in [0.1, 0.15) is 46.4 Å². The summed E-state index contributed by atoms with van der Waals surface area (Å²) in [5, 5.41) is 52.5. The summed E-state index contributed by atoms with van der Waals surface area (Å²) in [6.45, 7) is 46.6. The third kappa shape index (κ3) is 90.8. The number of nitrogens with one attached hydrogen (secondary N) is 8. The van der Waals surface area contributed by atoms with Gasteiger partial charge >= 0.3 is 72.0 Å². The van der Waals surface area contributed by atoms with Gasteiger partial charge in [-0.15, -0.1) is 0 Å². The number of ether oxygens (including phenoxy) is 7. The Hall–Kier alpha value is -6.95. The van der Waals surface area contributed by atoms with Crippen LogP contribution in [0.1, 0.15) is 290 Å². The van der Waals surface area contributed by atoms with Gasteiger partial charge < -0.3 is 111 Å². The fourth-order valence-corrected chi connectivity index (χ4v) is 7.81. The number of aliphatic hydroxyl groups is 2. The number of hydrogen-bond acceptors (Lipinski definition) is 25. The van der Waals surface area contributed by atoms with Gasteiger partial charge in [0.15, 0.2) is 12.2 Å². The molecule has 4 aliphatic rings. The largest absolute Gasteiger partial charge is 1.00 e. The maximum absolute atomic E-state index is 12.3. The van der Waals surface area contributed by atoms with E-state index in [0.717, 1.165) is 103 Å². The van der Waals surface area contributed by atoms with Gasteiger partial charge in [0.25, 0.3) is 23.7 Å². The van der Waals surface area contributed by atoms with Crippen LogP contribution in [0.2, 0.25) is 0 Å². The van der Waals surface area contributed by atoms with Crippen molar-refractivity contribution in [1.29, 1.82) is 0 Å². The maximum atomic E-state index is 12.3. The Morgan fingerprint density at radius 1 is 0.530 bits per heavy atom. The van der Waals surface area contributed by atoms with E-state index in [2.05, 4.69) is 52.4 Å². The minimum absolute atomic E-state index is 0. The van der Waals surface area contributed by atoms with Gasteiger partial charge in [-0.1, -0.05) is 89.0 Å². The molecule has 36 nitrogen and oxygen atoms in total. The van der Waals surface area contributed by atoms with Crippen LogP contribution in [0.3, 0.4) is 0 Å². The number of hydroxylamine groups is 3. The Labute approximate surface area is 711 Å². The van der Waals surface area contributed by atoms with Crippen LogP contribution in [-0.2, 0) is 76.4 Å². The molecule has 13 N–H and O–H groups in total. The van der Waals surface area contributed by atoms with E-state index < -0.39 is 125 Å². The van der Waals surface area contributed by atoms with Crippen molar-refractivity contribution in [2.24, 2.45) is 0 Å². The summed E-state index contributed by atoms with van der Waals surface area (Å²) >= 11 is 0. The Morgan fingerprint density at radius 2 is 0.843 bits per heavy atom. The Kier molecular flexibility index (Phi) is 83.9. The van der Waals surface area contributed by atoms with Gasteiger partial charge in [0, 0.05) is 73.2 Å². The van der Waals surface area contributed by atoms with E-state index in [0.29, 0.717) is 44.6 Å². The van der Waals surface area contributed by atoms with Crippen molar-refractivity contribution < 1.29 is 156 Å². The smallest absolute Gasteiger partial charge is 0.870 e. The molecule has 37 heteroatoms. The standard InChI is InChI=1S/C16H28N2O5.C14H26N2O4.C12H24N2O4.C10H19NO4.C10H19NO3.C4H5N.C4H8O.C2H7NO.C2H4O2.CH4O.3CH4.Na.H2O/c1-6-7-12(18-15(21)23-16(3,4)5)13(22-10(2)19)14(20)17-11-8-9-11;1-5-6-10(16-13(19)20-14(2,3)4)11(17)12(18)15-9-7-8-9;1-7-8-9(10(15)14(5)17-6)13-11(16)18-12(2,3)4;1-5-6-7(8(12)13)11-9(14)15-10(2,3)4;1-5-6-8(7-12)11-9(13)14-10(2,3)4;1-5-4-2-3-4;1-2-4-5-3-1;1-3-4-2;1-2(3)4;1-2;;;;;/h11-13H,6-9H2,1-5H3,(H,17,20)(H,18,21);9-11,17H,5-8H2,1-4H3,(H,15,18)(H,16,19);9H,7-8H2,1-6H3,(H,13,16);7H,5-6H2,1-4H3,(H,11,14)(H,12,13);7-8H,5-6H2,1-4H3,(H,11,13);4H,2-3H2;1-4H2;3H,1-2H3;1H3,(H,3,4);2H,1H3;3*1H4;;1H2/q;;;;;;;;;;;;;+1;/p-1/t12-,13?;10-,11?;9-;7-;8-;;;;;;;;;;/m00000........../s1. The minimum atomic E-state index is -1.25. The third-order valence-electron chi connectivity index (χ3n) is 13.0. The summed E-state index contributed by atoms with van der Waals surface area (Å²) in [5.41, 5.74) is -0.545. The van der Waals surface area contributed by atoms with E-state index in [1.165, 1.54) is 33.9 Å². The Morgan fingerprint density at radius 3 is 1.10 bits per heavy atom. The van der Waals surface area contributed by atoms with E-state index in [9.17, 15) is 57.8 Å². The number of carboxylic acids is 2. The van der Waals surface area contributed by atoms with Crippen molar-refractivity contribution in [3.8, 4) is 0 Å². The van der Waals surface area contributed by atoms with Gasteiger partial charge in [-0.2, -0.15) is 0 Å². The van der Waals surface area contributed by atoms with Crippen LogP contribution < -0.4 is 72.3 Å². The number of carbonyl (C=O) groups excluding carboxylic acids is 10. The SMILES string of the molecule is C.C.C.C1CCOC1.CC(=O)O.CCC[C@@H](C=O)NC(=O)OC(C)(C)C.CCC[C@H](NC(=O)OC(C)(C)C)C(=O)N(C)OC.CCC[C@H](NC(=O)OC(C)(C)C)C(=O)O.CCC[C@H](NC(=O)OC(C)(C)C)C(O)C(=O)NC1CC1.CCC[C@H](NC(=O)OC(C)(C)C)C(OC(C)=O)C(=O)NC1CC1.CNOC.CO.[C-]#[N+]C1CC1.[Na+].[OH-]. The molecule has 0 spiro atoms. The number of esters is 1. The summed E-state index contributed by atoms with van der Waals surface area (Å²) in [6.07, 6.45) is 10.3. The van der Waals surface area contributed by atoms with E-state index in [-0.39, 0.29) is 81.2 Å². The predicted octanol–water partition coefficient (Wildman–Crippen LogP) is 8.62. The third-order valence-corrected chi connectivity index (χ3v) is 13.0. The zero-order valence-electron chi connectivity index (χ0n) is 72.7. The topological polar surface area (TPSA) is 503 Å². The Balaban J connectivity index is -0.000000122. The van der Waals surface area contributed by atoms with E-state index >= 15 is 0 Å². The molecule has 1 aliphatic heterocycles. The molecule has 115 heavy (non-hydrogen) atoms. The molecule has 4 rings (SSSR count). The summed E-state index contributed by atoms with van der Waals surface area (Å²) in [7, 11) is 7.18. The van der Waals surface area contributed by atoms with Gasteiger partial charge in [0.05, 0.1) is 32.3 Å². The first kappa shape index (κ1) is 131. The number of aldehydes is 1. The van der Waals surface area contributed by atoms with E-state index in [1.807, 2.05) is 34.6 Å². The number of likely N-dealkylation sites (N-methyl/N-ethyl adjacent to an activating group) is 1. The molecule has 1 heterocycles. The Bertz CT molecular complexity index is 2620. The predicted molar refractivity (Wildman–Crippen MR) is 437 cm³/mol. The van der Waals surface area contributed by atoms with Crippen molar-refractivity contribution in [3.63, 3.8) is 0 Å². The summed E-state index contributed by atoms with van der Waals surface area (Å²) in [4.78, 5) is 148. The molecule has 676 valence electrons. The van der Waals surface area contributed by atoms with Crippen LogP contribution in [0.15, 0.2) is 0 Å². The van der Waals surface area contributed by atoms with Crippen LogP contribution in [0.5, 0.6) is 0 Å². The van der Waals surface area contributed by atoms with Crippen LogP contribution in [0.25, 0.3) is 4.85 Å². The number of rotatable bonds is 27. The molecule has 0 aromatic rings. The monoisotopic (exact) mass is 1670 g/mol. The average molecular weight is 1670 g/mol. The van der Waals surface area contributed by atoms with Crippen LogP contribution >= 0.6 is 0 Å². The number of aliphatic carboxylic acids is 2. The van der Waals surface area contributed by atoms with Crippen molar-refractivity contribution >= 4 is 72.4 Å². The van der Waals surface area contributed by atoms with Gasteiger partial charge in [-0.05, 0) is 174 Å². The second-order valence-corrected chi connectivity index (χ2v) is 30.2. The molecule has 4 fully saturated rings. The molecular weight excluding hydrogens is 1520 g/mol. The minimum Gasteiger partial charge on any atom is -0.870 e. The molecule has 8 amide bonds. The molecule has 3 saturated carbocycles. The van der Waals surface area contributed by atoms with Gasteiger partial charge in [0.2, 0.25) is 6.04 Å². The van der Waals surface area contributed by atoms with Crippen molar-refractivity contribution in [3.05, 3.63) is 11.4 Å². The molecule has 2 unspecified atom stereocenters. The quantitative estimate of drug-likeness (QED) is 0.00914. The van der Waals surface area contributed by atoms with Crippen molar-refractivity contribution in [2.45, 2.75) is 379 Å². The second kappa shape index (κ2) is 73.4. The maximum Gasteiger partial charge on any atom is 1.00 e. The second-order valence-electron chi connectivity index (χ2n) is 30.2. The number of aliphatic hydroxyl groups excluding tert-OH is 2. The van der Waals surface area contributed by atoms with E-state index in [4.69, 9.17) is 64.7 Å². The van der Waals surface area contributed by atoms with Crippen LogP contribution in [0.4, 0.5) is 24.0 Å². The molecule has 7 atom stereocenters. The fraction of sp³-hybridized carbons (Fsp3) is 0.833. The first-order valence-electron chi connectivity index (χ1n) is 37.5. The molecule has 0 aromatic heterocycles. The summed E-state index contributed by atoms with van der Waals surface area (Å²) < 4.78 is 35.6. The van der Waals surface area contributed by atoms with Crippen LogP contribution in [-0.4, -0.2) is 241 Å². The van der Waals surface area contributed by atoms with Crippen molar-refractivity contribution in [2.75, 3.05) is 48.6 Å². The number of carbonyl (C=O) groups is 12. The molecule has 0 bridgehead atoms. The number of carboxylic acid groups (broad SMARTS) is 2. The molecule has 0 radical (unpaired) electrons. The van der Waals surface area contributed by atoms with Crippen molar-refractivity contribution in [1.82, 2.24) is 47.8 Å².